The van der Waals surface area contributed by atoms with Gasteiger partial charge in [0.15, 0.2) is 0 Å². The third kappa shape index (κ3) is 3.03. The number of para-hydroxylation sites is 1. The first kappa shape index (κ1) is 13.8. The van der Waals surface area contributed by atoms with Crippen LogP contribution in [-0.2, 0) is 20.9 Å². The highest BCUT2D eigenvalue weighted by atomic mass is 16.5. The fourth-order valence-corrected chi connectivity index (χ4v) is 1.77. The molecule has 0 saturated carbocycles. The molecule has 104 valence electrons. The SMILES string of the molecule is CCOC(=O)C(=O)NCc1cc2ccccc2[nH]c1=O. The molecule has 1 amide bonds. The maximum absolute atomic E-state index is 11.8. The van der Waals surface area contributed by atoms with Gasteiger partial charge in [-0.05, 0) is 24.4 Å². The number of fused-ring (bicyclic) bond motifs is 1. The zero-order valence-corrected chi connectivity index (χ0v) is 10.9. The Morgan fingerprint density at radius 2 is 2.05 bits per heavy atom. The molecule has 0 aliphatic rings. The highest BCUT2D eigenvalue weighted by Gasteiger charge is 2.14. The molecule has 0 aliphatic carbocycles. The molecule has 1 heterocycles. The summed E-state index contributed by atoms with van der Waals surface area (Å²) in [5.74, 6) is -1.82. The molecular weight excluding hydrogens is 260 g/mol. The Balaban J connectivity index is 2.14. The van der Waals surface area contributed by atoms with Crippen molar-refractivity contribution >= 4 is 22.8 Å². The fraction of sp³-hybridized carbons (Fsp3) is 0.214. The minimum Gasteiger partial charge on any atom is -0.459 e. The summed E-state index contributed by atoms with van der Waals surface area (Å²) in [5.41, 5.74) is 0.798. The Hall–Kier alpha value is -2.63. The van der Waals surface area contributed by atoms with Crippen molar-refractivity contribution in [2.24, 2.45) is 0 Å². The number of esters is 1. The summed E-state index contributed by atoms with van der Waals surface area (Å²) in [6.45, 7) is 1.71. The van der Waals surface area contributed by atoms with Crippen LogP contribution in [0.2, 0.25) is 0 Å². The number of carbonyl (C=O) groups is 2. The summed E-state index contributed by atoms with van der Waals surface area (Å²) in [6.07, 6.45) is 0. The number of carbonyl (C=O) groups excluding carboxylic acids is 2. The lowest BCUT2D eigenvalue weighted by Crippen LogP contribution is -2.33. The highest BCUT2D eigenvalue weighted by Crippen LogP contribution is 2.09. The van der Waals surface area contributed by atoms with Crippen LogP contribution in [0.3, 0.4) is 0 Å². The van der Waals surface area contributed by atoms with Crippen LogP contribution in [0.15, 0.2) is 35.1 Å². The molecule has 0 spiro atoms. The van der Waals surface area contributed by atoms with E-state index in [1.807, 2.05) is 18.2 Å². The molecule has 0 aliphatic heterocycles. The average Bonchev–Trinajstić information content (AvgIpc) is 2.45. The quantitative estimate of drug-likeness (QED) is 0.637. The van der Waals surface area contributed by atoms with Crippen LogP contribution >= 0.6 is 0 Å². The predicted octanol–water partition coefficient (Wildman–Crippen LogP) is 0.707. The molecule has 2 aromatic rings. The number of hydrogen-bond donors (Lipinski definition) is 2. The van der Waals surface area contributed by atoms with E-state index < -0.39 is 11.9 Å². The number of nitrogens with one attached hydrogen (secondary N) is 2. The molecule has 2 N–H and O–H groups in total. The normalized spacial score (nSPS) is 10.2. The van der Waals surface area contributed by atoms with Gasteiger partial charge in [-0.3, -0.25) is 9.59 Å². The molecular formula is C14H14N2O4. The molecule has 1 aromatic carbocycles. The van der Waals surface area contributed by atoms with E-state index in [0.29, 0.717) is 5.56 Å². The van der Waals surface area contributed by atoms with Crippen LogP contribution in [0.1, 0.15) is 12.5 Å². The number of benzene rings is 1. The van der Waals surface area contributed by atoms with Gasteiger partial charge in [-0.15, -0.1) is 0 Å². The van der Waals surface area contributed by atoms with Gasteiger partial charge >= 0.3 is 11.9 Å². The summed E-state index contributed by atoms with van der Waals surface area (Å²) in [6, 6.07) is 8.99. The van der Waals surface area contributed by atoms with Crippen molar-refractivity contribution in [2.45, 2.75) is 13.5 Å². The lowest BCUT2D eigenvalue weighted by atomic mass is 10.1. The van der Waals surface area contributed by atoms with E-state index in [4.69, 9.17) is 0 Å². The Labute approximate surface area is 114 Å². The van der Waals surface area contributed by atoms with E-state index in [0.717, 1.165) is 10.9 Å². The van der Waals surface area contributed by atoms with Crippen LogP contribution in [0.25, 0.3) is 10.9 Å². The van der Waals surface area contributed by atoms with Crippen LogP contribution in [0, 0.1) is 0 Å². The van der Waals surface area contributed by atoms with Crippen molar-refractivity contribution in [1.82, 2.24) is 10.3 Å². The van der Waals surface area contributed by atoms with Gasteiger partial charge in [0.1, 0.15) is 0 Å². The zero-order chi connectivity index (χ0) is 14.5. The molecule has 0 radical (unpaired) electrons. The van der Waals surface area contributed by atoms with Crippen molar-refractivity contribution in [3.63, 3.8) is 0 Å². The molecule has 1 aromatic heterocycles. The van der Waals surface area contributed by atoms with Crippen LogP contribution < -0.4 is 10.9 Å². The summed E-state index contributed by atoms with van der Waals surface area (Å²) >= 11 is 0. The van der Waals surface area contributed by atoms with Crippen molar-refractivity contribution in [3.8, 4) is 0 Å². The maximum atomic E-state index is 11.8. The van der Waals surface area contributed by atoms with Crippen molar-refractivity contribution in [1.29, 1.82) is 0 Å². The summed E-state index contributed by atoms with van der Waals surface area (Å²) in [4.78, 5) is 37.1. The molecule has 20 heavy (non-hydrogen) atoms. The minimum atomic E-state index is -0.954. The maximum Gasteiger partial charge on any atom is 0.396 e. The van der Waals surface area contributed by atoms with Crippen LogP contribution in [-0.4, -0.2) is 23.5 Å². The van der Waals surface area contributed by atoms with E-state index in [1.54, 1.807) is 19.1 Å². The Kier molecular flexibility index (Phi) is 4.14. The van der Waals surface area contributed by atoms with E-state index in [-0.39, 0.29) is 18.7 Å². The molecule has 6 nitrogen and oxygen atoms in total. The monoisotopic (exact) mass is 274 g/mol. The van der Waals surface area contributed by atoms with Crippen molar-refractivity contribution < 1.29 is 14.3 Å². The molecule has 0 saturated heterocycles. The van der Waals surface area contributed by atoms with Gasteiger partial charge in [-0.25, -0.2) is 4.79 Å². The first-order valence-electron chi connectivity index (χ1n) is 6.17. The molecule has 0 unspecified atom stereocenters. The van der Waals surface area contributed by atoms with Gasteiger partial charge in [0.05, 0.1) is 6.61 Å². The zero-order valence-electron chi connectivity index (χ0n) is 10.9. The van der Waals surface area contributed by atoms with Crippen molar-refractivity contribution in [3.05, 3.63) is 46.2 Å². The average molecular weight is 274 g/mol. The number of ether oxygens (including phenoxy) is 1. The highest BCUT2D eigenvalue weighted by molar-refractivity contribution is 6.32. The molecule has 2 rings (SSSR count). The number of hydrogen-bond acceptors (Lipinski definition) is 4. The van der Waals surface area contributed by atoms with Gasteiger partial charge < -0.3 is 15.0 Å². The Morgan fingerprint density at radius 1 is 1.30 bits per heavy atom. The summed E-state index contributed by atoms with van der Waals surface area (Å²) in [5, 5.41) is 3.21. The predicted molar refractivity (Wildman–Crippen MR) is 73.0 cm³/mol. The second-order valence-corrected chi connectivity index (χ2v) is 4.11. The number of aromatic nitrogens is 1. The largest absolute Gasteiger partial charge is 0.459 e. The van der Waals surface area contributed by atoms with E-state index in [2.05, 4.69) is 15.0 Å². The van der Waals surface area contributed by atoms with Gasteiger partial charge in [0, 0.05) is 17.6 Å². The number of H-pyrrole nitrogens is 1. The molecule has 6 heteroatoms. The third-order valence-electron chi connectivity index (χ3n) is 2.73. The molecule has 0 bridgehead atoms. The van der Waals surface area contributed by atoms with E-state index in [1.165, 1.54) is 0 Å². The van der Waals surface area contributed by atoms with E-state index >= 15 is 0 Å². The number of amides is 1. The standard InChI is InChI=1S/C14H14N2O4/c1-2-20-14(19)13(18)15-8-10-7-9-5-3-4-6-11(9)16-12(10)17/h3-7H,2,8H2,1H3,(H,15,18)(H,16,17). The first-order valence-corrected chi connectivity index (χ1v) is 6.17. The van der Waals surface area contributed by atoms with Gasteiger partial charge in [-0.1, -0.05) is 18.2 Å². The van der Waals surface area contributed by atoms with Gasteiger partial charge in [0.2, 0.25) is 0 Å². The van der Waals surface area contributed by atoms with Gasteiger partial charge in [0.25, 0.3) is 5.56 Å². The van der Waals surface area contributed by atoms with Crippen LogP contribution in [0.5, 0.6) is 0 Å². The first-order chi connectivity index (χ1) is 9.61. The lowest BCUT2D eigenvalue weighted by Gasteiger charge is -2.05. The smallest absolute Gasteiger partial charge is 0.396 e. The number of pyridine rings is 1. The third-order valence-corrected chi connectivity index (χ3v) is 2.73. The topological polar surface area (TPSA) is 88.3 Å². The Morgan fingerprint density at radius 3 is 2.80 bits per heavy atom. The minimum absolute atomic E-state index is 0.0299. The summed E-state index contributed by atoms with van der Waals surface area (Å²) < 4.78 is 4.56. The molecule has 0 fully saturated rings. The van der Waals surface area contributed by atoms with E-state index in [9.17, 15) is 14.4 Å². The lowest BCUT2D eigenvalue weighted by molar-refractivity contribution is -0.154. The number of rotatable bonds is 3. The van der Waals surface area contributed by atoms with Crippen molar-refractivity contribution in [2.75, 3.05) is 6.61 Å². The number of aromatic amines is 1. The summed E-state index contributed by atoms with van der Waals surface area (Å²) in [7, 11) is 0. The molecule has 0 atom stereocenters. The van der Waals surface area contributed by atoms with Crippen LogP contribution in [0.4, 0.5) is 0 Å². The Bertz CT molecular complexity index is 706. The second-order valence-electron chi connectivity index (χ2n) is 4.11. The van der Waals surface area contributed by atoms with Gasteiger partial charge in [-0.2, -0.15) is 0 Å². The second kappa shape index (κ2) is 6.01. The fourth-order valence-electron chi connectivity index (χ4n) is 1.77.